The van der Waals surface area contributed by atoms with Gasteiger partial charge in [-0.05, 0) is 25.1 Å². The van der Waals surface area contributed by atoms with Gasteiger partial charge in [-0.3, -0.25) is 0 Å². The van der Waals surface area contributed by atoms with Crippen LogP contribution in [-0.2, 0) is 0 Å². The van der Waals surface area contributed by atoms with Crippen molar-refractivity contribution < 1.29 is 4.74 Å². The summed E-state index contributed by atoms with van der Waals surface area (Å²) in [6, 6.07) is 8.13. The average Bonchev–Trinajstić information content (AvgIpc) is 2.79. The van der Waals surface area contributed by atoms with Gasteiger partial charge in [-0.15, -0.1) is 0 Å². The van der Waals surface area contributed by atoms with Crippen LogP contribution in [0.15, 0.2) is 30.8 Å². The van der Waals surface area contributed by atoms with Crippen LogP contribution in [-0.4, -0.2) is 30.6 Å². The van der Waals surface area contributed by atoms with Gasteiger partial charge < -0.3 is 14.6 Å². The molecule has 17 heavy (non-hydrogen) atoms. The number of ether oxygens (including phenoxy) is 1. The molecule has 0 atom stereocenters. The Labute approximate surface area is 102 Å². The predicted molar refractivity (Wildman–Crippen MR) is 72.2 cm³/mol. The Hall–Kier alpha value is -1.90. The summed E-state index contributed by atoms with van der Waals surface area (Å²) in [5.74, 6) is 0.861. The number of nitrogens with zero attached hydrogens (tertiary/aromatic N) is 1. The molecule has 1 heterocycles. The highest BCUT2D eigenvalue weighted by atomic mass is 16.5. The zero-order chi connectivity index (χ0) is 12.4. The van der Waals surface area contributed by atoms with Crippen LogP contribution in [0.3, 0.4) is 0 Å². The van der Waals surface area contributed by atoms with Crippen molar-refractivity contribution in [2.45, 2.75) is 6.92 Å². The van der Waals surface area contributed by atoms with E-state index in [0.717, 1.165) is 29.2 Å². The fraction of sp³-hybridized carbons (Fsp3) is 0.286. The smallest absolute Gasteiger partial charge is 0.120 e. The fourth-order valence-electron chi connectivity index (χ4n) is 1.79. The predicted octanol–water partition coefficient (Wildman–Crippen LogP) is 3.10. The fourth-order valence-corrected chi connectivity index (χ4v) is 1.79. The number of aromatic nitrogens is 1. The normalized spacial score (nSPS) is 10.5. The molecule has 0 aliphatic carbocycles. The molecule has 0 saturated carbocycles. The van der Waals surface area contributed by atoms with Crippen LogP contribution in [0.1, 0.15) is 12.6 Å². The molecule has 0 spiro atoms. The zero-order valence-electron chi connectivity index (χ0n) is 10.6. The third-order valence-electron chi connectivity index (χ3n) is 3.08. The van der Waals surface area contributed by atoms with Gasteiger partial charge in [0.1, 0.15) is 5.75 Å². The minimum Gasteiger partial charge on any atom is -0.497 e. The number of benzene rings is 1. The van der Waals surface area contributed by atoms with E-state index >= 15 is 0 Å². The number of aromatic amines is 1. The van der Waals surface area contributed by atoms with Gasteiger partial charge in [-0.25, -0.2) is 0 Å². The van der Waals surface area contributed by atoms with Crippen LogP contribution >= 0.6 is 0 Å². The van der Waals surface area contributed by atoms with Gasteiger partial charge in [0.05, 0.1) is 18.5 Å². The number of methoxy groups -OCH3 is 1. The zero-order valence-corrected chi connectivity index (χ0v) is 10.6. The summed E-state index contributed by atoms with van der Waals surface area (Å²) in [6.45, 7) is 7.15. The van der Waals surface area contributed by atoms with E-state index in [-0.39, 0.29) is 0 Å². The summed E-state index contributed by atoms with van der Waals surface area (Å²) >= 11 is 0. The molecule has 90 valence electrons. The van der Waals surface area contributed by atoms with Crippen molar-refractivity contribution in [1.29, 1.82) is 0 Å². The van der Waals surface area contributed by atoms with Gasteiger partial charge in [-0.2, -0.15) is 0 Å². The Morgan fingerprint density at radius 2 is 2.18 bits per heavy atom. The Bertz CT molecular complexity index is 542. The first kappa shape index (κ1) is 11.6. The van der Waals surface area contributed by atoms with Crippen molar-refractivity contribution in [3.63, 3.8) is 0 Å². The Morgan fingerprint density at radius 1 is 1.41 bits per heavy atom. The first-order chi connectivity index (χ1) is 8.15. The summed E-state index contributed by atoms with van der Waals surface area (Å²) in [5.41, 5.74) is 3.13. The van der Waals surface area contributed by atoms with E-state index in [2.05, 4.69) is 29.5 Å². The SMILES string of the molecule is C=C(c1cc2ccc(OC)cc2[nH]1)N(C)CC. The highest BCUT2D eigenvalue weighted by molar-refractivity contribution is 5.85. The van der Waals surface area contributed by atoms with E-state index in [9.17, 15) is 0 Å². The first-order valence-electron chi connectivity index (χ1n) is 5.73. The van der Waals surface area contributed by atoms with Crippen molar-refractivity contribution in [2.75, 3.05) is 20.7 Å². The molecule has 2 rings (SSSR count). The monoisotopic (exact) mass is 230 g/mol. The maximum atomic E-state index is 5.21. The Morgan fingerprint density at radius 3 is 2.82 bits per heavy atom. The first-order valence-corrected chi connectivity index (χ1v) is 5.73. The summed E-state index contributed by atoms with van der Waals surface area (Å²) in [6.07, 6.45) is 0. The Kier molecular flexibility index (Phi) is 3.09. The van der Waals surface area contributed by atoms with Gasteiger partial charge in [0, 0.05) is 30.6 Å². The van der Waals surface area contributed by atoms with E-state index in [1.54, 1.807) is 7.11 Å². The molecule has 0 fully saturated rings. The summed E-state index contributed by atoms with van der Waals surface area (Å²) in [7, 11) is 3.71. The number of fused-ring (bicyclic) bond motifs is 1. The highest BCUT2D eigenvalue weighted by Crippen LogP contribution is 2.24. The molecule has 2 aromatic rings. The van der Waals surface area contributed by atoms with Gasteiger partial charge in [0.15, 0.2) is 0 Å². The number of nitrogens with one attached hydrogen (secondary N) is 1. The average molecular weight is 230 g/mol. The molecule has 3 nitrogen and oxygen atoms in total. The molecule has 1 N–H and O–H groups in total. The molecule has 0 unspecified atom stereocenters. The second kappa shape index (κ2) is 4.53. The standard InChI is InChI=1S/C14H18N2O/c1-5-16(3)10(2)13-8-11-6-7-12(17-4)9-14(11)15-13/h6-9,15H,2,5H2,1,3-4H3. The van der Waals surface area contributed by atoms with Crippen LogP contribution < -0.4 is 4.74 Å². The van der Waals surface area contributed by atoms with Crippen LogP contribution in [0.4, 0.5) is 0 Å². The summed E-state index contributed by atoms with van der Waals surface area (Å²) < 4.78 is 5.21. The third-order valence-corrected chi connectivity index (χ3v) is 3.08. The number of hydrogen-bond acceptors (Lipinski definition) is 2. The van der Waals surface area contributed by atoms with Gasteiger partial charge in [0.2, 0.25) is 0 Å². The number of hydrogen-bond donors (Lipinski definition) is 1. The molecular weight excluding hydrogens is 212 g/mol. The molecular formula is C14H18N2O. The molecule has 1 aromatic carbocycles. The molecule has 0 saturated heterocycles. The lowest BCUT2D eigenvalue weighted by molar-refractivity contribution is 0.415. The maximum Gasteiger partial charge on any atom is 0.120 e. The second-order valence-electron chi connectivity index (χ2n) is 4.10. The van der Waals surface area contributed by atoms with E-state index in [0.29, 0.717) is 0 Å². The van der Waals surface area contributed by atoms with Crippen molar-refractivity contribution >= 4 is 16.6 Å². The molecule has 0 radical (unpaired) electrons. The van der Waals surface area contributed by atoms with E-state index in [4.69, 9.17) is 4.74 Å². The van der Waals surface area contributed by atoms with Gasteiger partial charge >= 0.3 is 0 Å². The van der Waals surface area contributed by atoms with E-state index in [1.165, 1.54) is 5.39 Å². The quantitative estimate of drug-likeness (QED) is 0.874. The highest BCUT2D eigenvalue weighted by Gasteiger charge is 2.07. The number of rotatable bonds is 4. The molecule has 0 aliphatic heterocycles. The lowest BCUT2D eigenvalue weighted by Gasteiger charge is -2.18. The number of H-pyrrole nitrogens is 1. The lowest BCUT2D eigenvalue weighted by atomic mass is 10.2. The molecule has 0 amide bonds. The minimum absolute atomic E-state index is 0.861. The summed E-state index contributed by atoms with van der Waals surface area (Å²) in [5, 5.41) is 1.17. The van der Waals surface area contributed by atoms with Crippen LogP contribution in [0.2, 0.25) is 0 Å². The van der Waals surface area contributed by atoms with Crippen LogP contribution in [0, 0.1) is 0 Å². The second-order valence-corrected chi connectivity index (χ2v) is 4.10. The third kappa shape index (κ3) is 2.13. The largest absolute Gasteiger partial charge is 0.497 e. The topological polar surface area (TPSA) is 28.3 Å². The molecule has 0 aliphatic rings. The molecule has 1 aromatic heterocycles. The minimum atomic E-state index is 0.861. The van der Waals surface area contributed by atoms with Crippen molar-refractivity contribution in [2.24, 2.45) is 0 Å². The van der Waals surface area contributed by atoms with Crippen molar-refractivity contribution in [3.8, 4) is 5.75 Å². The van der Waals surface area contributed by atoms with Gasteiger partial charge in [0.25, 0.3) is 0 Å². The molecule has 3 heteroatoms. The van der Waals surface area contributed by atoms with Crippen molar-refractivity contribution in [1.82, 2.24) is 9.88 Å². The van der Waals surface area contributed by atoms with Gasteiger partial charge in [-0.1, -0.05) is 6.58 Å². The molecule has 0 bridgehead atoms. The van der Waals surface area contributed by atoms with Crippen LogP contribution in [0.5, 0.6) is 5.75 Å². The van der Waals surface area contributed by atoms with E-state index in [1.807, 2.05) is 25.2 Å². The lowest BCUT2D eigenvalue weighted by Crippen LogP contribution is -2.14. The Balaban J connectivity index is 2.41. The van der Waals surface area contributed by atoms with Crippen molar-refractivity contribution in [3.05, 3.63) is 36.5 Å². The van der Waals surface area contributed by atoms with Crippen LogP contribution in [0.25, 0.3) is 16.6 Å². The summed E-state index contributed by atoms with van der Waals surface area (Å²) in [4.78, 5) is 5.48. The maximum absolute atomic E-state index is 5.21. The van der Waals surface area contributed by atoms with E-state index < -0.39 is 0 Å².